The normalized spacial score (nSPS) is 23.2. The first kappa shape index (κ1) is 16.4. The molecule has 2 rings (SSSR count). The molecule has 1 aliphatic rings. The third kappa shape index (κ3) is 4.28. The molecule has 0 aromatic carbocycles. The van der Waals surface area contributed by atoms with Gasteiger partial charge < -0.3 is 20.7 Å². The van der Waals surface area contributed by atoms with Crippen LogP contribution in [0.2, 0.25) is 0 Å². The van der Waals surface area contributed by atoms with Crippen LogP contribution in [0.3, 0.4) is 0 Å². The number of hydrogen-bond acceptors (Lipinski definition) is 5. The highest BCUT2D eigenvalue weighted by atomic mass is 16.5. The predicted molar refractivity (Wildman–Crippen MR) is 81.1 cm³/mol. The molecule has 8 heteroatoms. The summed E-state index contributed by atoms with van der Waals surface area (Å²) in [6, 6.07) is -0.596. The minimum absolute atomic E-state index is 0.0184. The van der Waals surface area contributed by atoms with E-state index >= 15 is 0 Å². The zero-order chi connectivity index (χ0) is 16.3. The Kier molecular flexibility index (Phi) is 5.15. The first-order chi connectivity index (χ1) is 10.3. The van der Waals surface area contributed by atoms with Gasteiger partial charge in [-0.2, -0.15) is 5.10 Å². The van der Waals surface area contributed by atoms with Gasteiger partial charge in [0, 0.05) is 19.3 Å². The number of ether oxygens (including phenoxy) is 1. The molecule has 0 spiro atoms. The number of rotatable bonds is 4. The Bertz CT molecular complexity index is 532. The van der Waals surface area contributed by atoms with E-state index in [9.17, 15) is 9.59 Å². The molecular formula is C14H23N5O3. The summed E-state index contributed by atoms with van der Waals surface area (Å²) < 4.78 is 7.12. The Morgan fingerprint density at radius 1 is 1.45 bits per heavy atom. The number of anilines is 1. The standard InChI is InChI=1S/C14H23N5O3/c1-9-5-18(6-10(2)22-9)13(20)8-19-7-12(4-16-19)17-14(21)11(3)15/h4,7,9-11H,5-6,8,15H2,1-3H3,(H,17,21)/t9?,10?,11-/m0/s1. The first-order valence-corrected chi connectivity index (χ1v) is 7.37. The number of morpholine rings is 1. The van der Waals surface area contributed by atoms with E-state index in [4.69, 9.17) is 10.5 Å². The molecule has 0 radical (unpaired) electrons. The van der Waals surface area contributed by atoms with Crippen molar-refractivity contribution < 1.29 is 14.3 Å². The van der Waals surface area contributed by atoms with Gasteiger partial charge in [-0.3, -0.25) is 14.3 Å². The lowest BCUT2D eigenvalue weighted by atomic mass is 10.2. The van der Waals surface area contributed by atoms with Crippen molar-refractivity contribution in [2.45, 2.75) is 45.6 Å². The van der Waals surface area contributed by atoms with Crippen molar-refractivity contribution in [3.63, 3.8) is 0 Å². The molecule has 1 aromatic rings. The van der Waals surface area contributed by atoms with Gasteiger partial charge >= 0.3 is 0 Å². The van der Waals surface area contributed by atoms with Gasteiger partial charge in [-0.25, -0.2) is 0 Å². The fraction of sp³-hybridized carbons (Fsp3) is 0.643. The Hall–Kier alpha value is -1.93. The number of nitrogens with zero attached hydrogens (tertiary/aromatic N) is 3. The highest BCUT2D eigenvalue weighted by Gasteiger charge is 2.26. The molecule has 2 amide bonds. The maximum absolute atomic E-state index is 12.3. The summed E-state index contributed by atoms with van der Waals surface area (Å²) in [4.78, 5) is 25.6. The molecule has 0 saturated carbocycles. The van der Waals surface area contributed by atoms with E-state index in [1.165, 1.54) is 10.9 Å². The molecule has 0 aliphatic carbocycles. The van der Waals surface area contributed by atoms with E-state index in [0.29, 0.717) is 18.8 Å². The van der Waals surface area contributed by atoms with Gasteiger partial charge in [-0.1, -0.05) is 0 Å². The molecule has 3 atom stereocenters. The van der Waals surface area contributed by atoms with Gasteiger partial charge in [-0.05, 0) is 20.8 Å². The average Bonchev–Trinajstić information content (AvgIpc) is 2.84. The largest absolute Gasteiger partial charge is 0.372 e. The lowest BCUT2D eigenvalue weighted by Crippen LogP contribution is -2.49. The Labute approximate surface area is 129 Å². The number of nitrogens with one attached hydrogen (secondary N) is 1. The summed E-state index contributed by atoms with van der Waals surface area (Å²) in [6.45, 7) is 6.80. The molecule has 2 heterocycles. The SMILES string of the molecule is CC1CN(C(=O)Cn2cc(NC(=O)[C@H](C)N)cn2)CC(C)O1. The lowest BCUT2D eigenvalue weighted by Gasteiger charge is -2.35. The minimum atomic E-state index is -0.596. The van der Waals surface area contributed by atoms with Crippen LogP contribution in [-0.4, -0.2) is 57.8 Å². The van der Waals surface area contributed by atoms with Gasteiger partial charge in [0.25, 0.3) is 0 Å². The van der Waals surface area contributed by atoms with Crippen molar-refractivity contribution in [1.29, 1.82) is 0 Å². The van der Waals surface area contributed by atoms with Crippen LogP contribution >= 0.6 is 0 Å². The third-order valence-electron chi connectivity index (χ3n) is 3.38. The maximum atomic E-state index is 12.3. The van der Waals surface area contributed by atoms with Crippen molar-refractivity contribution in [1.82, 2.24) is 14.7 Å². The second kappa shape index (κ2) is 6.89. The monoisotopic (exact) mass is 309 g/mol. The Morgan fingerprint density at radius 3 is 2.68 bits per heavy atom. The van der Waals surface area contributed by atoms with Crippen LogP contribution in [0, 0.1) is 0 Å². The zero-order valence-electron chi connectivity index (χ0n) is 13.2. The Balaban J connectivity index is 1.92. The molecule has 1 fully saturated rings. The molecule has 3 N–H and O–H groups in total. The zero-order valence-corrected chi connectivity index (χ0v) is 13.2. The summed E-state index contributed by atoms with van der Waals surface area (Å²) in [5.74, 6) is -0.308. The van der Waals surface area contributed by atoms with E-state index in [0.717, 1.165) is 0 Å². The van der Waals surface area contributed by atoms with Crippen molar-refractivity contribution in [2.24, 2.45) is 5.73 Å². The molecule has 2 unspecified atom stereocenters. The van der Waals surface area contributed by atoms with Crippen LogP contribution < -0.4 is 11.1 Å². The summed E-state index contributed by atoms with van der Waals surface area (Å²) in [7, 11) is 0. The van der Waals surface area contributed by atoms with Crippen LogP contribution in [-0.2, 0) is 20.9 Å². The van der Waals surface area contributed by atoms with Crippen molar-refractivity contribution >= 4 is 17.5 Å². The summed E-state index contributed by atoms with van der Waals surface area (Å²) in [5.41, 5.74) is 6.01. The maximum Gasteiger partial charge on any atom is 0.244 e. The lowest BCUT2D eigenvalue weighted by molar-refractivity contribution is -0.144. The van der Waals surface area contributed by atoms with Crippen molar-refractivity contribution in [3.05, 3.63) is 12.4 Å². The molecule has 8 nitrogen and oxygen atoms in total. The molecule has 22 heavy (non-hydrogen) atoms. The highest BCUT2D eigenvalue weighted by molar-refractivity contribution is 5.94. The van der Waals surface area contributed by atoms with Gasteiger partial charge in [0.1, 0.15) is 6.54 Å². The molecular weight excluding hydrogens is 286 g/mol. The van der Waals surface area contributed by atoms with E-state index in [2.05, 4.69) is 10.4 Å². The minimum Gasteiger partial charge on any atom is -0.372 e. The number of amides is 2. The molecule has 0 bridgehead atoms. The van der Waals surface area contributed by atoms with Crippen LogP contribution in [0.4, 0.5) is 5.69 Å². The van der Waals surface area contributed by atoms with Gasteiger partial charge in [0.2, 0.25) is 11.8 Å². The predicted octanol–water partition coefficient (Wildman–Crippen LogP) is -0.195. The first-order valence-electron chi connectivity index (χ1n) is 7.37. The van der Waals surface area contributed by atoms with Crippen LogP contribution in [0.5, 0.6) is 0 Å². The highest BCUT2D eigenvalue weighted by Crippen LogP contribution is 2.12. The second-order valence-electron chi connectivity index (χ2n) is 5.76. The van der Waals surface area contributed by atoms with E-state index in [-0.39, 0.29) is 30.6 Å². The molecule has 1 saturated heterocycles. The van der Waals surface area contributed by atoms with Crippen molar-refractivity contribution in [2.75, 3.05) is 18.4 Å². The van der Waals surface area contributed by atoms with Crippen LogP contribution in [0.1, 0.15) is 20.8 Å². The van der Waals surface area contributed by atoms with E-state index < -0.39 is 6.04 Å². The quantitative estimate of drug-likeness (QED) is 0.802. The number of carbonyl (C=O) groups is 2. The van der Waals surface area contributed by atoms with Gasteiger partial charge in [0.15, 0.2) is 0 Å². The number of aromatic nitrogens is 2. The topological polar surface area (TPSA) is 102 Å². The third-order valence-corrected chi connectivity index (χ3v) is 3.38. The number of hydrogen-bond donors (Lipinski definition) is 2. The van der Waals surface area contributed by atoms with E-state index in [1.807, 2.05) is 13.8 Å². The number of nitrogens with two attached hydrogens (primary N) is 1. The Morgan fingerprint density at radius 2 is 2.09 bits per heavy atom. The van der Waals surface area contributed by atoms with Gasteiger partial charge in [0.05, 0.1) is 30.1 Å². The molecule has 1 aliphatic heterocycles. The molecule has 122 valence electrons. The van der Waals surface area contributed by atoms with Crippen LogP contribution in [0.15, 0.2) is 12.4 Å². The van der Waals surface area contributed by atoms with Crippen LogP contribution in [0.25, 0.3) is 0 Å². The number of carbonyl (C=O) groups excluding carboxylic acids is 2. The fourth-order valence-electron chi connectivity index (χ4n) is 2.39. The smallest absolute Gasteiger partial charge is 0.244 e. The summed E-state index contributed by atoms with van der Waals surface area (Å²) in [6.07, 6.45) is 3.18. The van der Waals surface area contributed by atoms with E-state index in [1.54, 1.807) is 18.0 Å². The van der Waals surface area contributed by atoms with Gasteiger partial charge in [-0.15, -0.1) is 0 Å². The summed E-state index contributed by atoms with van der Waals surface area (Å²) >= 11 is 0. The van der Waals surface area contributed by atoms with Crippen molar-refractivity contribution in [3.8, 4) is 0 Å². The fourth-order valence-corrected chi connectivity index (χ4v) is 2.39. The second-order valence-corrected chi connectivity index (χ2v) is 5.76. The average molecular weight is 309 g/mol. The summed E-state index contributed by atoms with van der Waals surface area (Å²) in [5, 5.41) is 6.72. The molecule has 1 aromatic heterocycles.